The zero-order valence-corrected chi connectivity index (χ0v) is 15.3. The van der Waals surface area contributed by atoms with E-state index in [1.807, 2.05) is 51.1 Å². The summed E-state index contributed by atoms with van der Waals surface area (Å²) < 4.78 is 5.60. The van der Waals surface area contributed by atoms with Gasteiger partial charge in [-0.25, -0.2) is 9.78 Å². The molecule has 1 aromatic heterocycles. The predicted molar refractivity (Wildman–Crippen MR) is 95.8 cm³/mol. The number of aromatic nitrogens is 1. The predicted octanol–water partition coefficient (Wildman–Crippen LogP) is 4.75. The maximum atomic E-state index is 12.5. The van der Waals surface area contributed by atoms with E-state index in [1.54, 1.807) is 13.8 Å². The number of carbonyl (C=O) groups is 1. The first-order chi connectivity index (χ1) is 11.1. The van der Waals surface area contributed by atoms with E-state index < -0.39 is 17.0 Å². The molecule has 126 valence electrons. The molecule has 1 aliphatic rings. The van der Waals surface area contributed by atoms with Gasteiger partial charge in [0, 0.05) is 10.4 Å². The van der Waals surface area contributed by atoms with E-state index in [9.17, 15) is 9.90 Å². The van der Waals surface area contributed by atoms with Crippen LogP contribution in [0.5, 0.6) is 0 Å². The van der Waals surface area contributed by atoms with Crippen LogP contribution in [-0.4, -0.2) is 21.7 Å². The molecule has 0 atom stereocenters. The van der Waals surface area contributed by atoms with Crippen LogP contribution < -0.4 is 0 Å². The molecule has 0 fully saturated rings. The second-order valence-electron chi connectivity index (χ2n) is 7.04. The van der Waals surface area contributed by atoms with E-state index in [1.165, 1.54) is 11.3 Å². The number of cyclic esters (lactones) is 1. The lowest BCUT2D eigenvalue weighted by Gasteiger charge is -2.44. The van der Waals surface area contributed by atoms with E-state index in [2.05, 4.69) is 4.98 Å². The van der Waals surface area contributed by atoms with Crippen LogP contribution in [0.15, 0.2) is 36.1 Å². The average molecular weight is 343 g/mol. The number of ether oxygens (including phenoxy) is 1. The van der Waals surface area contributed by atoms with E-state index in [-0.39, 0.29) is 11.3 Å². The fourth-order valence-electron chi connectivity index (χ4n) is 2.65. The minimum atomic E-state index is -0.788. The summed E-state index contributed by atoms with van der Waals surface area (Å²) in [4.78, 5) is 18.0. The molecule has 1 aliphatic heterocycles. The number of rotatable bonds is 2. The molecule has 5 heteroatoms. The highest BCUT2D eigenvalue weighted by molar-refractivity contribution is 7.15. The summed E-state index contributed by atoms with van der Waals surface area (Å²) in [6.07, 6.45) is 0. The van der Waals surface area contributed by atoms with Gasteiger partial charge >= 0.3 is 5.97 Å². The standard InChI is InChI=1S/C19H21NO3S/c1-11-14(20-16(24-11)12-9-7-6-8-10-12)13-15(21)18(2,3)19(4,5)23-17(13)22/h6-10,21H,1-5H3. The average Bonchev–Trinajstić information content (AvgIpc) is 2.88. The van der Waals surface area contributed by atoms with E-state index in [0.29, 0.717) is 5.69 Å². The van der Waals surface area contributed by atoms with Crippen LogP contribution in [0.1, 0.15) is 38.3 Å². The highest BCUT2D eigenvalue weighted by Gasteiger charge is 2.51. The number of nitrogens with zero attached hydrogens (tertiary/aromatic N) is 1. The molecular formula is C19H21NO3S. The quantitative estimate of drug-likeness (QED) is 0.800. The summed E-state index contributed by atoms with van der Waals surface area (Å²) in [6, 6.07) is 9.79. The fourth-order valence-corrected chi connectivity index (χ4v) is 3.57. The number of aliphatic hydroxyl groups excluding tert-OH is 1. The highest BCUT2D eigenvalue weighted by Crippen LogP contribution is 2.47. The first-order valence-electron chi connectivity index (χ1n) is 7.85. The Hall–Kier alpha value is -2.14. The van der Waals surface area contributed by atoms with Crippen LogP contribution in [0.3, 0.4) is 0 Å². The molecule has 2 heterocycles. The van der Waals surface area contributed by atoms with Gasteiger partial charge in [-0.15, -0.1) is 11.3 Å². The molecule has 0 bridgehead atoms. The third kappa shape index (κ3) is 2.44. The molecule has 0 saturated heterocycles. The number of aryl methyl sites for hydroxylation is 1. The second-order valence-corrected chi connectivity index (χ2v) is 8.24. The molecule has 2 aromatic rings. The topological polar surface area (TPSA) is 59.4 Å². The number of hydrogen-bond donors (Lipinski definition) is 1. The number of thiazole rings is 1. The summed E-state index contributed by atoms with van der Waals surface area (Å²) in [5, 5.41) is 11.6. The zero-order chi connectivity index (χ0) is 17.7. The van der Waals surface area contributed by atoms with Gasteiger partial charge < -0.3 is 9.84 Å². The summed E-state index contributed by atoms with van der Waals surface area (Å²) >= 11 is 1.50. The van der Waals surface area contributed by atoms with Crippen LogP contribution >= 0.6 is 11.3 Å². The van der Waals surface area contributed by atoms with Gasteiger partial charge in [-0.1, -0.05) is 30.3 Å². The molecule has 0 saturated carbocycles. The van der Waals surface area contributed by atoms with Crippen molar-refractivity contribution < 1.29 is 14.6 Å². The SMILES string of the molecule is Cc1sc(-c2ccccc2)nc1C1=C(O)C(C)(C)C(C)(C)OC1=O. The van der Waals surface area contributed by atoms with Crippen molar-refractivity contribution in [3.8, 4) is 10.6 Å². The molecule has 0 radical (unpaired) electrons. The van der Waals surface area contributed by atoms with Gasteiger partial charge in [0.2, 0.25) is 0 Å². The maximum absolute atomic E-state index is 12.5. The van der Waals surface area contributed by atoms with Gasteiger partial charge in [-0.2, -0.15) is 0 Å². The minimum Gasteiger partial charge on any atom is -0.511 e. The second kappa shape index (κ2) is 5.45. The lowest BCUT2D eigenvalue weighted by atomic mass is 9.72. The summed E-state index contributed by atoms with van der Waals surface area (Å²) in [5.74, 6) is -0.485. The van der Waals surface area contributed by atoms with Crippen LogP contribution in [-0.2, 0) is 9.53 Å². The lowest BCUT2D eigenvalue weighted by Crippen LogP contribution is -2.48. The Labute approximate surface area is 145 Å². The normalized spacial score (nSPS) is 19.3. The molecule has 1 aromatic carbocycles. The van der Waals surface area contributed by atoms with E-state index in [0.717, 1.165) is 15.4 Å². The van der Waals surface area contributed by atoms with Crippen molar-refractivity contribution in [2.45, 2.75) is 40.2 Å². The molecule has 0 aliphatic carbocycles. The number of benzene rings is 1. The van der Waals surface area contributed by atoms with E-state index in [4.69, 9.17) is 4.74 Å². The van der Waals surface area contributed by atoms with Crippen molar-refractivity contribution >= 4 is 22.9 Å². The van der Waals surface area contributed by atoms with Crippen LogP contribution in [0, 0.1) is 12.3 Å². The number of hydrogen-bond acceptors (Lipinski definition) is 5. The fraction of sp³-hybridized carbons (Fsp3) is 0.368. The largest absolute Gasteiger partial charge is 0.511 e. The Bertz CT molecular complexity index is 832. The first-order valence-corrected chi connectivity index (χ1v) is 8.67. The third-order valence-electron chi connectivity index (χ3n) is 4.94. The van der Waals surface area contributed by atoms with Crippen molar-refractivity contribution in [1.82, 2.24) is 4.98 Å². The Kier molecular flexibility index (Phi) is 3.79. The summed E-state index contributed by atoms with van der Waals surface area (Å²) in [7, 11) is 0. The Morgan fingerprint density at radius 1 is 1.12 bits per heavy atom. The van der Waals surface area contributed by atoms with Crippen molar-refractivity contribution in [2.75, 3.05) is 0 Å². The molecule has 0 unspecified atom stereocenters. The molecule has 0 amide bonds. The first kappa shape index (κ1) is 16.7. The third-order valence-corrected chi connectivity index (χ3v) is 5.96. The summed E-state index contributed by atoms with van der Waals surface area (Å²) in [6.45, 7) is 9.26. The van der Waals surface area contributed by atoms with Gasteiger partial charge in [0.25, 0.3) is 0 Å². The number of esters is 1. The van der Waals surface area contributed by atoms with Crippen LogP contribution in [0.2, 0.25) is 0 Å². The van der Waals surface area contributed by atoms with Gasteiger partial charge in [0.15, 0.2) is 0 Å². The van der Waals surface area contributed by atoms with Gasteiger partial charge in [0.1, 0.15) is 21.9 Å². The van der Waals surface area contributed by atoms with Crippen molar-refractivity contribution in [2.24, 2.45) is 5.41 Å². The monoisotopic (exact) mass is 343 g/mol. The molecule has 3 rings (SSSR count). The van der Waals surface area contributed by atoms with Gasteiger partial charge in [-0.05, 0) is 34.6 Å². The summed E-state index contributed by atoms with van der Waals surface area (Å²) in [5.41, 5.74) is 0.184. The van der Waals surface area contributed by atoms with Gasteiger partial charge in [0.05, 0.1) is 11.1 Å². The Morgan fingerprint density at radius 3 is 2.38 bits per heavy atom. The van der Waals surface area contributed by atoms with Crippen molar-refractivity contribution in [3.05, 3.63) is 46.7 Å². The molecule has 24 heavy (non-hydrogen) atoms. The maximum Gasteiger partial charge on any atom is 0.344 e. The smallest absolute Gasteiger partial charge is 0.344 e. The Balaban J connectivity index is 2.16. The van der Waals surface area contributed by atoms with Gasteiger partial charge in [-0.3, -0.25) is 0 Å². The number of aliphatic hydroxyl groups is 1. The number of carbonyl (C=O) groups excluding carboxylic acids is 1. The van der Waals surface area contributed by atoms with E-state index >= 15 is 0 Å². The minimum absolute atomic E-state index is 0.0387. The van der Waals surface area contributed by atoms with Crippen LogP contribution in [0.4, 0.5) is 0 Å². The molecule has 4 nitrogen and oxygen atoms in total. The highest BCUT2D eigenvalue weighted by atomic mass is 32.1. The van der Waals surface area contributed by atoms with Crippen LogP contribution in [0.25, 0.3) is 16.1 Å². The molecule has 1 N–H and O–H groups in total. The molecular weight excluding hydrogens is 322 g/mol. The molecule has 0 spiro atoms. The zero-order valence-electron chi connectivity index (χ0n) is 14.5. The lowest BCUT2D eigenvalue weighted by molar-refractivity contribution is -0.164. The van der Waals surface area contributed by atoms with Crippen molar-refractivity contribution in [3.63, 3.8) is 0 Å². The Morgan fingerprint density at radius 2 is 1.75 bits per heavy atom. The van der Waals surface area contributed by atoms with Crippen molar-refractivity contribution in [1.29, 1.82) is 0 Å².